The first-order valence-corrected chi connectivity index (χ1v) is 11.4. The summed E-state index contributed by atoms with van der Waals surface area (Å²) in [6, 6.07) is 26.1. The second kappa shape index (κ2) is 9.31. The molecule has 4 rings (SSSR count). The summed E-state index contributed by atoms with van der Waals surface area (Å²) in [6.45, 7) is 6.08. The third-order valence-electron chi connectivity index (χ3n) is 6.75. The zero-order valence-electron chi connectivity index (χ0n) is 20.2. The molecule has 168 valence electrons. The van der Waals surface area contributed by atoms with Gasteiger partial charge in [0.05, 0.1) is 5.41 Å². The highest BCUT2D eigenvalue weighted by Crippen LogP contribution is 2.46. The van der Waals surface area contributed by atoms with Gasteiger partial charge in [-0.1, -0.05) is 66.3 Å². The summed E-state index contributed by atoms with van der Waals surface area (Å²) < 4.78 is 0. The van der Waals surface area contributed by atoms with Gasteiger partial charge in [-0.05, 0) is 90.0 Å². The highest BCUT2D eigenvalue weighted by Gasteiger charge is 2.39. The number of aromatic hydroxyl groups is 1. The summed E-state index contributed by atoms with van der Waals surface area (Å²) in [5, 5.41) is 10.1. The van der Waals surface area contributed by atoms with E-state index in [9.17, 15) is 5.11 Å². The maximum atomic E-state index is 10.1. The van der Waals surface area contributed by atoms with Crippen LogP contribution in [0.2, 0.25) is 0 Å². The van der Waals surface area contributed by atoms with Crippen LogP contribution in [0.5, 0.6) is 5.75 Å². The zero-order valence-corrected chi connectivity index (χ0v) is 20.2. The van der Waals surface area contributed by atoms with Crippen molar-refractivity contribution in [3.8, 4) is 42.8 Å². The van der Waals surface area contributed by atoms with Crippen LogP contribution in [0, 0.1) is 57.8 Å². The van der Waals surface area contributed by atoms with E-state index in [0.29, 0.717) is 0 Å². The second-order valence-electron chi connectivity index (χ2n) is 8.82. The molecule has 1 N–H and O–H groups in total. The molecule has 0 saturated heterocycles. The van der Waals surface area contributed by atoms with Crippen LogP contribution in [-0.2, 0) is 5.41 Å². The van der Waals surface area contributed by atoms with Gasteiger partial charge in [-0.2, -0.15) is 0 Å². The minimum Gasteiger partial charge on any atom is -0.508 e. The van der Waals surface area contributed by atoms with E-state index in [0.717, 1.165) is 55.6 Å². The van der Waals surface area contributed by atoms with Crippen LogP contribution in [0.1, 0.15) is 55.6 Å². The van der Waals surface area contributed by atoms with Crippen LogP contribution < -0.4 is 0 Å². The van der Waals surface area contributed by atoms with Crippen LogP contribution >= 0.6 is 0 Å². The third kappa shape index (κ3) is 3.97. The van der Waals surface area contributed by atoms with Crippen molar-refractivity contribution in [2.24, 2.45) is 0 Å². The summed E-state index contributed by atoms with van der Waals surface area (Å²) in [5.41, 5.74) is 9.07. The molecule has 4 aromatic rings. The summed E-state index contributed by atoms with van der Waals surface area (Å²) >= 11 is 0. The Morgan fingerprint density at radius 1 is 0.514 bits per heavy atom. The minimum atomic E-state index is -0.707. The number of hydrogen-bond donors (Lipinski definition) is 1. The lowest BCUT2D eigenvalue weighted by atomic mass is 9.64. The number of terminal acetylenes is 3. The van der Waals surface area contributed by atoms with Gasteiger partial charge in [0, 0.05) is 16.7 Å². The third-order valence-corrected chi connectivity index (χ3v) is 6.75. The summed E-state index contributed by atoms with van der Waals surface area (Å²) in [5.74, 6) is 8.52. The van der Waals surface area contributed by atoms with Gasteiger partial charge in [0.25, 0.3) is 0 Å². The normalized spacial score (nSPS) is 10.7. The van der Waals surface area contributed by atoms with Gasteiger partial charge in [0.15, 0.2) is 0 Å². The van der Waals surface area contributed by atoms with Crippen molar-refractivity contribution in [1.29, 1.82) is 0 Å². The molecule has 1 heteroatoms. The monoisotopic (exact) mass is 450 g/mol. The van der Waals surface area contributed by atoms with Gasteiger partial charge in [-0.15, -0.1) is 19.3 Å². The largest absolute Gasteiger partial charge is 0.508 e. The fourth-order valence-corrected chi connectivity index (χ4v) is 4.89. The molecule has 0 saturated carbocycles. The molecule has 0 aliphatic carbocycles. The molecule has 0 aliphatic heterocycles. The Hall–Kier alpha value is -4.64. The van der Waals surface area contributed by atoms with Gasteiger partial charge in [-0.25, -0.2) is 0 Å². The minimum absolute atomic E-state index is 0.208. The molecule has 0 aromatic heterocycles. The number of phenolic OH excluding ortho intramolecular Hbond substituents is 1. The van der Waals surface area contributed by atoms with Crippen LogP contribution in [0.25, 0.3) is 0 Å². The molecule has 0 spiro atoms. The Kier molecular flexibility index (Phi) is 6.26. The SMILES string of the molecule is C#Cc1ccc(C(c2ccc(O)cc2)(c2ccc(C#C)c(C)c2)c2ccc(C#C)c(C)c2)cc1C. The van der Waals surface area contributed by atoms with E-state index in [1.54, 1.807) is 12.1 Å². The molecule has 4 aromatic carbocycles. The van der Waals surface area contributed by atoms with Crippen molar-refractivity contribution in [2.45, 2.75) is 26.2 Å². The van der Waals surface area contributed by atoms with E-state index < -0.39 is 5.41 Å². The number of hydrogen-bond acceptors (Lipinski definition) is 1. The van der Waals surface area contributed by atoms with Crippen molar-refractivity contribution in [3.05, 3.63) is 134 Å². The molecular weight excluding hydrogens is 424 g/mol. The van der Waals surface area contributed by atoms with Crippen molar-refractivity contribution >= 4 is 0 Å². The van der Waals surface area contributed by atoms with Gasteiger partial charge in [0.2, 0.25) is 0 Å². The number of benzene rings is 4. The van der Waals surface area contributed by atoms with Gasteiger partial charge in [-0.3, -0.25) is 0 Å². The lowest BCUT2D eigenvalue weighted by Crippen LogP contribution is -2.31. The van der Waals surface area contributed by atoms with Crippen LogP contribution in [0.15, 0.2) is 78.9 Å². The highest BCUT2D eigenvalue weighted by molar-refractivity contribution is 5.64. The summed E-state index contributed by atoms with van der Waals surface area (Å²) in [6.07, 6.45) is 17.2. The first kappa shape index (κ1) is 23.5. The number of phenols is 1. The Morgan fingerprint density at radius 3 is 1.11 bits per heavy atom. The predicted molar refractivity (Wildman–Crippen MR) is 144 cm³/mol. The fraction of sp³-hybridized carbons (Fsp3) is 0.118. The van der Waals surface area contributed by atoms with Crippen LogP contribution in [0.4, 0.5) is 0 Å². The van der Waals surface area contributed by atoms with Crippen molar-refractivity contribution in [3.63, 3.8) is 0 Å². The van der Waals surface area contributed by atoms with Crippen molar-refractivity contribution in [1.82, 2.24) is 0 Å². The lowest BCUT2D eigenvalue weighted by molar-refractivity contribution is 0.475. The van der Waals surface area contributed by atoms with E-state index >= 15 is 0 Å². The molecule has 0 amide bonds. The van der Waals surface area contributed by atoms with Crippen LogP contribution in [0.3, 0.4) is 0 Å². The maximum Gasteiger partial charge on any atom is 0.115 e. The Morgan fingerprint density at radius 2 is 0.829 bits per heavy atom. The summed E-state index contributed by atoms with van der Waals surface area (Å²) in [4.78, 5) is 0. The van der Waals surface area contributed by atoms with Crippen LogP contribution in [-0.4, -0.2) is 5.11 Å². The molecular formula is C34H26O. The maximum absolute atomic E-state index is 10.1. The fourth-order valence-electron chi connectivity index (χ4n) is 4.89. The van der Waals surface area contributed by atoms with E-state index in [-0.39, 0.29) is 5.75 Å². The quantitative estimate of drug-likeness (QED) is 0.273. The molecule has 0 atom stereocenters. The smallest absolute Gasteiger partial charge is 0.115 e. The Bertz CT molecular complexity index is 1390. The van der Waals surface area contributed by atoms with Crippen molar-refractivity contribution in [2.75, 3.05) is 0 Å². The Balaban J connectivity index is 2.20. The molecule has 35 heavy (non-hydrogen) atoms. The van der Waals surface area contributed by atoms with E-state index in [2.05, 4.69) is 54.2 Å². The molecule has 0 unspecified atom stereocenters. The zero-order chi connectivity index (χ0) is 25.2. The number of rotatable bonds is 4. The van der Waals surface area contributed by atoms with E-state index in [4.69, 9.17) is 19.3 Å². The lowest BCUT2D eigenvalue weighted by Gasteiger charge is -2.38. The second-order valence-corrected chi connectivity index (χ2v) is 8.82. The first-order chi connectivity index (χ1) is 16.8. The standard InChI is InChI=1S/C34H26O/c1-7-26-10-13-30(20-23(26)4)34(29-16-18-33(35)19-17-29,31-14-11-27(8-2)24(5)21-31)32-15-12-28(9-3)25(6)22-32/h1-3,10-22,35H,4-6H3. The summed E-state index contributed by atoms with van der Waals surface area (Å²) in [7, 11) is 0. The average Bonchev–Trinajstić information content (AvgIpc) is 2.86. The van der Waals surface area contributed by atoms with Gasteiger partial charge in [0.1, 0.15) is 5.75 Å². The van der Waals surface area contributed by atoms with E-state index in [1.165, 1.54) is 0 Å². The molecule has 0 aliphatic rings. The number of aryl methyl sites for hydroxylation is 3. The molecule has 0 bridgehead atoms. The molecule has 0 radical (unpaired) electrons. The van der Waals surface area contributed by atoms with Gasteiger partial charge >= 0.3 is 0 Å². The molecule has 1 nitrogen and oxygen atoms in total. The topological polar surface area (TPSA) is 20.2 Å². The van der Waals surface area contributed by atoms with Crippen molar-refractivity contribution < 1.29 is 5.11 Å². The first-order valence-electron chi connectivity index (χ1n) is 11.4. The highest BCUT2D eigenvalue weighted by atomic mass is 16.3. The Labute approximate surface area is 208 Å². The van der Waals surface area contributed by atoms with Gasteiger partial charge < -0.3 is 5.11 Å². The average molecular weight is 451 g/mol. The van der Waals surface area contributed by atoms with E-state index in [1.807, 2.05) is 51.1 Å². The molecule has 0 heterocycles. The molecule has 0 fully saturated rings. The predicted octanol–water partition coefficient (Wildman–Crippen LogP) is 6.64.